The maximum absolute atomic E-state index is 6.28. The van der Waals surface area contributed by atoms with Gasteiger partial charge in [0.25, 0.3) is 0 Å². The van der Waals surface area contributed by atoms with Gasteiger partial charge in [0.2, 0.25) is 0 Å². The van der Waals surface area contributed by atoms with Crippen LogP contribution < -0.4 is 5.32 Å². The van der Waals surface area contributed by atoms with Gasteiger partial charge in [-0.15, -0.1) is 11.3 Å². The average Bonchev–Trinajstić information content (AvgIpc) is 2.93. The minimum absolute atomic E-state index is 0.0625. The number of hydrogen-bond acceptors (Lipinski definition) is 3. The summed E-state index contributed by atoms with van der Waals surface area (Å²) in [7, 11) is 0. The predicted molar refractivity (Wildman–Crippen MR) is 82.9 cm³/mol. The number of ether oxygens (including phenoxy) is 1. The second-order valence-electron chi connectivity index (χ2n) is 5.45. The van der Waals surface area contributed by atoms with Crippen molar-refractivity contribution < 1.29 is 4.74 Å². The van der Waals surface area contributed by atoms with Crippen LogP contribution in [-0.4, -0.2) is 24.8 Å². The van der Waals surface area contributed by atoms with Gasteiger partial charge in [0, 0.05) is 17.5 Å². The van der Waals surface area contributed by atoms with Gasteiger partial charge in [0.05, 0.1) is 5.60 Å². The van der Waals surface area contributed by atoms with Crippen LogP contribution in [0.25, 0.3) is 0 Å². The molecule has 0 bridgehead atoms. The summed E-state index contributed by atoms with van der Waals surface area (Å²) in [4.78, 5) is 1.47. The first-order valence-electron chi connectivity index (χ1n) is 7.70. The molecule has 0 amide bonds. The summed E-state index contributed by atoms with van der Waals surface area (Å²) in [5.41, 5.74) is 0.0625. The summed E-state index contributed by atoms with van der Waals surface area (Å²) in [6, 6.07) is 4.85. The van der Waals surface area contributed by atoms with Crippen LogP contribution >= 0.6 is 11.3 Å². The second-order valence-corrected chi connectivity index (χ2v) is 6.48. The molecule has 1 atom stereocenters. The number of nitrogens with one attached hydrogen (secondary N) is 1. The van der Waals surface area contributed by atoms with E-state index in [9.17, 15) is 0 Å². The Morgan fingerprint density at radius 2 is 2.11 bits per heavy atom. The molecular formula is C16H27NOS. The maximum Gasteiger partial charge on any atom is 0.0838 e. The third-order valence-electron chi connectivity index (χ3n) is 4.20. The topological polar surface area (TPSA) is 21.3 Å². The minimum Gasteiger partial charge on any atom is -0.374 e. The highest BCUT2D eigenvalue weighted by atomic mass is 32.1. The number of hydrogen-bond donors (Lipinski definition) is 1. The van der Waals surface area contributed by atoms with Crippen molar-refractivity contribution in [3.05, 3.63) is 22.4 Å². The van der Waals surface area contributed by atoms with E-state index in [4.69, 9.17) is 4.74 Å². The largest absolute Gasteiger partial charge is 0.374 e. The monoisotopic (exact) mass is 281 g/mol. The highest BCUT2D eigenvalue weighted by molar-refractivity contribution is 7.09. The lowest BCUT2D eigenvalue weighted by molar-refractivity contribution is -0.0893. The number of likely N-dealkylation sites (N-methyl/N-ethyl adjacent to an activating group) is 1. The van der Waals surface area contributed by atoms with Crippen LogP contribution in [0.2, 0.25) is 0 Å². The first-order valence-corrected chi connectivity index (χ1v) is 8.58. The molecule has 0 aromatic carbocycles. The Hall–Kier alpha value is -0.380. The first kappa shape index (κ1) is 15.0. The lowest BCUT2D eigenvalue weighted by atomic mass is 9.77. The van der Waals surface area contributed by atoms with Crippen molar-refractivity contribution in [1.29, 1.82) is 0 Å². The van der Waals surface area contributed by atoms with E-state index in [1.54, 1.807) is 0 Å². The first-order chi connectivity index (χ1) is 9.30. The maximum atomic E-state index is 6.28. The zero-order valence-electron chi connectivity index (χ0n) is 12.3. The van der Waals surface area contributed by atoms with Gasteiger partial charge < -0.3 is 10.1 Å². The van der Waals surface area contributed by atoms with Gasteiger partial charge in [0.15, 0.2) is 0 Å². The quantitative estimate of drug-likeness (QED) is 0.815. The Labute approximate surface area is 121 Å². The molecule has 3 heteroatoms. The Balaban J connectivity index is 2.12. The van der Waals surface area contributed by atoms with E-state index >= 15 is 0 Å². The van der Waals surface area contributed by atoms with E-state index in [0.717, 1.165) is 19.6 Å². The Kier molecular flexibility index (Phi) is 5.86. The zero-order chi connectivity index (χ0) is 13.6. The smallest absolute Gasteiger partial charge is 0.0838 e. The molecule has 0 aliphatic heterocycles. The van der Waals surface area contributed by atoms with Crippen molar-refractivity contribution in [2.75, 3.05) is 13.2 Å². The fraction of sp³-hybridized carbons (Fsp3) is 0.750. The highest BCUT2D eigenvalue weighted by Gasteiger charge is 2.40. The Morgan fingerprint density at radius 3 is 2.68 bits per heavy atom. The van der Waals surface area contributed by atoms with Crippen molar-refractivity contribution in [3.63, 3.8) is 0 Å². The van der Waals surface area contributed by atoms with Crippen LogP contribution in [0.1, 0.15) is 50.8 Å². The molecule has 1 aliphatic rings. The molecule has 1 aromatic heterocycles. The third-order valence-corrected chi connectivity index (χ3v) is 5.10. The SMILES string of the molecule is CCNC(Cc1cccs1)C1(OCC)CCCCC1. The number of rotatable bonds is 7. The van der Waals surface area contributed by atoms with Gasteiger partial charge in [-0.05, 0) is 44.2 Å². The van der Waals surface area contributed by atoms with Crippen LogP contribution in [0.15, 0.2) is 17.5 Å². The van der Waals surface area contributed by atoms with E-state index in [1.807, 2.05) is 11.3 Å². The van der Waals surface area contributed by atoms with Crippen molar-refractivity contribution in [2.24, 2.45) is 0 Å². The predicted octanol–water partition coefficient (Wildman–Crippen LogP) is 4.01. The van der Waals surface area contributed by atoms with Crippen LogP contribution in [0.4, 0.5) is 0 Å². The fourth-order valence-electron chi connectivity index (χ4n) is 3.35. The molecule has 2 rings (SSSR count). The summed E-state index contributed by atoms with van der Waals surface area (Å²) in [6.45, 7) is 6.17. The molecule has 1 unspecified atom stereocenters. The van der Waals surface area contributed by atoms with E-state index < -0.39 is 0 Å². The molecule has 0 radical (unpaired) electrons. The van der Waals surface area contributed by atoms with Crippen molar-refractivity contribution in [1.82, 2.24) is 5.32 Å². The van der Waals surface area contributed by atoms with E-state index in [1.165, 1.54) is 37.0 Å². The third kappa shape index (κ3) is 3.80. The fourth-order valence-corrected chi connectivity index (χ4v) is 4.10. The summed E-state index contributed by atoms with van der Waals surface area (Å²) in [5, 5.41) is 5.87. The zero-order valence-corrected chi connectivity index (χ0v) is 13.1. The van der Waals surface area contributed by atoms with Gasteiger partial charge in [-0.25, -0.2) is 0 Å². The Bertz CT molecular complexity index is 338. The normalized spacial score (nSPS) is 20.3. The van der Waals surface area contributed by atoms with E-state index in [-0.39, 0.29) is 5.60 Å². The molecule has 1 saturated carbocycles. The van der Waals surface area contributed by atoms with Crippen molar-refractivity contribution in [2.45, 2.75) is 64.0 Å². The van der Waals surface area contributed by atoms with Crippen LogP contribution in [0.3, 0.4) is 0 Å². The van der Waals surface area contributed by atoms with Crippen LogP contribution in [0, 0.1) is 0 Å². The summed E-state index contributed by atoms with van der Waals surface area (Å²) >= 11 is 1.86. The van der Waals surface area contributed by atoms with Gasteiger partial charge >= 0.3 is 0 Å². The molecule has 108 valence electrons. The lowest BCUT2D eigenvalue weighted by Crippen LogP contribution is -2.54. The van der Waals surface area contributed by atoms with E-state index in [0.29, 0.717) is 6.04 Å². The van der Waals surface area contributed by atoms with Gasteiger partial charge in [-0.1, -0.05) is 32.3 Å². The summed E-state index contributed by atoms with van der Waals surface area (Å²) in [5.74, 6) is 0. The summed E-state index contributed by atoms with van der Waals surface area (Å²) < 4.78 is 6.28. The lowest BCUT2D eigenvalue weighted by Gasteiger charge is -2.43. The van der Waals surface area contributed by atoms with Crippen molar-refractivity contribution in [3.8, 4) is 0 Å². The molecule has 1 fully saturated rings. The van der Waals surface area contributed by atoms with Gasteiger partial charge in [-0.2, -0.15) is 0 Å². The molecule has 19 heavy (non-hydrogen) atoms. The standard InChI is InChI=1S/C16H27NOS/c1-3-17-15(13-14-9-8-12-19-14)16(18-4-2)10-6-5-7-11-16/h8-9,12,15,17H,3-7,10-11,13H2,1-2H3. The molecule has 0 spiro atoms. The molecular weight excluding hydrogens is 254 g/mol. The Morgan fingerprint density at radius 1 is 1.32 bits per heavy atom. The average molecular weight is 281 g/mol. The molecule has 1 aliphatic carbocycles. The van der Waals surface area contributed by atoms with Gasteiger partial charge in [-0.3, -0.25) is 0 Å². The molecule has 1 aromatic rings. The summed E-state index contributed by atoms with van der Waals surface area (Å²) in [6.07, 6.45) is 7.52. The van der Waals surface area contributed by atoms with Crippen LogP contribution in [0.5, 0.6) is 0 Å². The number of thiophene rings is 1. The molecule has 1 heterocycles. The van der Waals surface area contributed by atoms with Crippen LogP contribution in [-0.2, 0) is 11.2 Å². The molecule has 2 nitrogen and oxygen atoms in total. The molecule has 0 saturated heterocycles. The highest BCUT2D eigenvalue weighted by Crippen LogP contribution is 2.36. The van der Waals surface area contributed by atoms with Gasteiger partial charge in [0.1, 0.15) is 0 Å². The molecule has 1 N–H and O–H groups in total. The van der Waals surface area contributed by atoms with Crippen molar-refractivity contribution >= 4 is 11.3 Å². The minimum atomic E-state index is 0.0625. The van der Waals surface area contributed by atoms with E-state index in [2.05, 4.69) is 36.7 Å². The second kappa shape index (κ2) is 7.41.